The van der Waals surface area contributed by atoms with E-state index in [4.69, 9.17) is 0 Å². The number of piperidine rings is 1. The van der Waals surface area contributed by atoms with Crippen LogP contribution in [-0.2, 0) is 22.7 Å². The van der Waals surface area contributed by atoms with Crippen molar-refractivity contribution in [1.82, 2.24) is 20.9 Å². The summed E-state index contributed by atoms with van der Waals surface area (Å²) in [4.78, 5) is 38.4. The molecular formula is C21H26N4O3. The van der Waals surface area contributed by atoms with Crippen molar-refractivity contribution in [2.75, 3.05) is 13.1 Å². The zero-order chi connectivity index (χ0) is 19.3. The number of benzene rings is 1. The fraction of sp³-hybridized carbons (Fsp3) is 0.571. The molecule has 1 saturated carbocycles. The lowest BCUT2D eigenvalue weighted by Gasteiger charge is -2.29. The molecule has 3 fully saturated rings. The first-order valence-electron chi connectivity index (χ1n) is 10.3. The minimum absolute atomic E-state index is 0.0869. The van der Waals surface area contributed by atoms with E-state index in [-0.39, 0.29) is 24.1 Å². The average Bonchev–Trinajstić information content (AvgIpc) is 3.30. The number of hydrogen-bond acceptors (Lipinski definition) is 5. The normalized spacial score (nSPS) is 31.9. The van der Waals surface area contributed by atoms with E-state index in [0.29, 0.717) is 25.6 Å². The zero-order valence-corrected chi connectivity index (χ0v) is 15.9. The molecule has 3 atom stereocenters. The summed E-state index contributed by atoms with van der Waals surface area (Å²) in [6, 6.07) is 5.97. The lowest BCUT2D eigenvalue weighted by molar-refractivity contribution is -0.136. The Morgan fingerprint density at radius 2 is 1.86 bits per heavy atom. The molecule has 0 aromatic heterocycles. The van der Waals surface area contributed by atoms with Crippen molar-refractivity contribution in [1.29, 1.82) is 0 Å². The van der Waals surface area contributed by atoms with Gasteiger partial charge in [0.1, 0.15) is 6.04 Å². The summed E-state index contributed by atoms with van der Waals surface area (Å²) in [7, 11) is 0. The van der Waals surface area contributed by atoms with Gasteiger partial charge in [0, 0.05) is 31.1 Å². The first kappa shape index (κ1) is 17.8. The molecule has 28 heavy (non-hydrogen) atoms. The topological polar surface area (TPSA) is 90.5 Å². The van der Waals surface area contributed by atoms with Gasteiger partial charge in [0.25, 0.3) is 5.91 Å². The van der Waals surface area contributed by atoms with Gasteiger partial charge in [0.05, 0.1) is 0 Å². The van der Waals surface area contributed by atoms with Gasteiger partial charge in [0.15, 0.2) is 0 Å². The second kappa shape index (κ2) is 6.97. The molecule has 0 radical (unpaired) electrons. The number of nitrogens with zero attached hydrogens (tertiary/aromatic N) is 1. The molecule has 5 rings (SSSR count). The lowest BCUT2D eigenvalue weighted by Crippen LogP contribution is -2.52. The maximum atomic E-state index is 13.1. The third kappa shape index (κ3) is 3.02. The molecule has 3 N–H and O–H groups in total. The molecule has 4 aliphatic rings. The molecule has 2 saturated heterocycles. The van der Waals surface area contributed by atoms with Crippen LogP contribution in [0, 0.1) is 11.8 Å². The summed E-state index contributed by atoms with van der Waals surface area (Å²) in [6.45, 7) is 3.32. The Morgan fingerprint density at radius 1 is 1.07 bits per heavy atom. The van der Waals surface area contributed by atoms with E-state index in [1.54, 1.807) is 4.90 Å². The van der Waals surface area contributed by atoms with Gasteiger partial charge < -0.3 is 15.5 Å². The molecular weight excluding hydrogens is 356 g/mol. The number of rotatable bonds is 4. The lowest BCUT2D eigenvalue weighted by atomic mass is 10.0. The van der Waals surface area contributed by atoms with E-state index in [2.05, 4.69) is 16.0 Å². The van der Waals surface area contributed by atoms with E-state index < -0.39 is 6.04 Å². The van der Waals surface area contributed by atoms with Gasteiger partial charge in [-0.15, -0.1) is 0 Å². The first-order valence-corrected chi connectivity index (χ1v) is 10.3. The number of imide groups is 1. The predicted octanol–water partition coefficient (Wildman–Crippen LogP) is 0.535. The molecule has 0 bridgehead atoms. The van der Waals surface area contributed by atoms with Gasteiger partial charge in [-0.1, -0.05) is 18.2 Å². The Balaban J connectivity index is 1.29. The molecule has 3 aliphatic heterocycles. The van der Waals surface area contributed by atoms with E-state index in [0.717, 1.165) is 41.6 Å². The fourth-order valence-corrected chi connectivity index (χ4v) is 5.26. The van der Waals surface area contributed by atoms with Crippen molar-refractivity contribution in [2.24, 2.45) is 11.8 Å². The summed E-state index contributed by atoms with van der Waals surface area (Å²) in [5.74, 6) is 0.803. The van der Waals surface area contributed by atoms with E-state index >= 15 is 0 Å². The molecule has 1 aliphatic carbocycles. The second-order valence-corrected chi connectivity index (χ2v) is 8.41. The maximum absolute atomic E-state index is 13.1. The highest BCUT2D eigenvalue weighted by Crippen LogP contribution is 2.45. The van der Waals surface area contributed by atoms with Gasteiger partial charge in [0.2, 0.25) is 11.8 Å². The quantitative estimate of drug-likeness (QED) is 0.661. The predicted molar refractivity (Wildman–Crippen MR) is 102 cm³/mol. The summed E-state index contributed by atoms with van der Waals surface area (Å²) in [6.07, 6.45) is 3.12. The minimum atomic E-state index is -0.555. The number of carbonyl (C=O) groups excluding carboxylic acids is 3. The molecule has 148 valence electrons. The Labute approximate surface area is 164 Å². The second-order valence-electron chi connectivity index (χ2n) is 8.41. The van der Waals surface area contributed by atoms with Crippen molar-refractivity contribution >= 4 is 17.7 Å². The smallest absolute Gasteiger partial charge is 0.255 e. The summed E-state index contributed by atoms with van der Waals surface area (Å²) < 4.78 is 0. The standard InChI is InChI=1S/C21H26N4O3/c26-17-5-4-16(20(27)24-17)25-11-13-3-1-2-12(18(13)21(25)28)10-23-19-14-6-8-22-9-7-15(14)19/h1-3,14-16,19,22-23H,4-11H2,(H,24,26,27). The number of fused-ring (bicyclic) bond motifs is 2. The molecule has 1 aromatic carbocycles. The van der Waals surface area contributed by atoms with Crippen molar-refractivity contribution in [3.63, 3.8) is 0 Å². The zero-order valence-electron chi connectivity index (χ0n) is 15.9. The molecule has 3 heterocycles. The summed E-state index contributed by atoms with van der Waals surface area (Å²) in [5, 5.41) is 9.49. The molecule has 0 spiro atoms. The van der Waals surface area contributed by atoms with Crippen LogP contribution in [0.25, 0.3) is 0 Å². The van der Waals surface area contributed by atoms with Crippen molar-refractivity contribution in [3.05, 3.63) is 34.9 Å². The maximum Gasteiger partial charge on any atom is 0.255 e. The van der Waals surface area contributed by atoms with Crippen LogP contribution in [0.5, 0.6) is 0 Å². The molecule has 7 nitrogen and oxygen atoms in total. The molecule has 1 aromatic rings. The summed E-state index contributed by atoms with van der Waals surface area (Å²) >= 11 is 0. The van der Waals surface area contributed by atoms with Gasteiger partial charge in [-0.05, 0) is 55.3 Å². The van der Waals surface area contributed by atoms with Crippen LogP contribution >= 0.6 is 0 Å². The fourth-order valence-electron chi connectivity index (χ4n) is 5.26. The number of amides is 3. The van der Waals surface area contributed by atoms with Crippen LogP contribution in [0.15, 0.2) is 18.2 Å². The number of nitrogens with one attached hydrogen (secondary N) is 3. The highest BCUT2D eigenvalue weighted by Gasteiger charge is 2.49. The SMILES string of the molecule is O=C1CCC(N2Cc3cccc(CNC4C5CCNCCC54)c3C2=O)C(=O)N1. The van der Waals surface area contributed by atoms with Gasteiger partial charge in [-0.3, -0.25) is 19.7 Å². The minimum Gasteiger partial charge on any atom is -0.322 e. The number of carbonyl (C=O) groups is 3. The third-order valence-corrected chi connectivity index (χ3v) is 6.81. The van der Waals surface area contributed by atoms with Gasteiger partial charge >= 0.3 is 0 Å². The molecule has 3 amide bonds. The highest BCUT2D eigenvalue weighted by molar-refractivity contribution is 6.05. The molecule has 7 heteroatoms. The van der Waals surface area contributed by atoms with Crippen molar-refractivity contribution in [3.8, 4) is 0 Å². The third-order valence-electron chi connectivity index (χ3n) is 6.81. The molecule has 3 unspecified atom stereocenters. The Hall–Kier alpha value is -2.25. The van der Waals surface area contributed by atoms with Crippen LogP contribution in [-0.4, -0.2) is 47.8 Å². The van der Waals surface area contributed by atoms with E-state index in [1.165, 1.54) is 12.8 Å². The average molecular weight is 382 g/mol. The Morgan fingerprint density at radius 3 is 2.61 bits per heavy atom. The van der Waals surface area contributed by atoms with Crippen LogP contribution in [0.2, 0.25) is 0 Å². The van der Waals surface area contributed by atoms with Crippen molar-refractivity contribution in [2.45, 2.75) is 50.9 Å². The Kier molecular flexibility index (Phi) is 4.44. The van der Waals surface area contributed by atoms with Gasteiger partial charge in [-0.25, -0.2) is 0 Å². The van der Waals surface area contributed by atoms with Gasteiger partial charge in [-0.2, -0.15) is 0 Å². The van der Waals surface area contributed by atoms with Crippen LogP contribution in [0.1, 0.15) is 47.2 Å². The largest absolute Gasteiger partial charge is 0.322 e. The monoisotopic (exact) mass is 382 g/mol. The number of hydrogen-bond donors (Lipinski definition) is 3. The van der Waals surface area contributed by atoms with E-state index in [1.807, 2.05) is 18.2 Å². The van der Waals surface area contributed by atoms with Crippen LogP contribution < -0.4 is 16.0 Å². The van der Waals surface area contributed by atoms with Crippen LogP contribution in [0.3, 0.4) is 0 Å². The van der Waals surface area contributed by atoms with E-state index in [9.17, 15) is 14.4 Å². The highest BCUT2D eigenvalue weighted by atomic mass is 16.2. The van der Waals surface area contributed by atoms with Crippen molar-refractivity contribution < 1.29 is 14.4 Å². The Bertz CT molecular complexity index is 827. The first-order chi connectivity index (χ1) is 13.6. The van der Waals surface area contributed by atoms with Crippen LogP contribution in [0.4, 0.5) is 0 Å². The summed E-state index contributed by atoms with van der Waals surface area (Å²) in [5.41, 5.74) is 2.72.